The summed E-state index contributed by atoms with van der Waals surface area (Å²) in [4.78, 5) is 24.8. The molecule has 0 heterocycles. The second-order valence-electron chi connectivity index (χ2n) is 9.48. The Morgan fingerprint density at radius 3 is 2.02 bits per heavy atom. The van der Waals surface area contributed by atoms with Gasteiger partial charge >= 0.3 is 18.5 Å². The lowest BCUT2D eigenvalue weighted by Gasteiger charge is -2.20. The Morgan fingerprint density at radius 1 is 0.975 bits per heavy atom. The molecule has 3 rings (SSSR count). The summed E-state index contributed by atoms with van der Waals surface area (Å²) in [6.07, 6.45) is -13.3. The van der Waals surface area contributed by atoms with Crippen molar-refractivity contribution in [3.8, 4) is 0 Å². The Bertz CT molecular complexity index is 1300. The molecule has 0 aliphatic heterocycles. The van der Waals surface area contributed by atoms with Crippen molar-refractivity contribution in [3.05, 3.63) is 74.8 Å². The standard InChI is InChI=1S/C26H22ClF9N2O2/c1-13-9-16(10-14(2)20(13)27)18(25(31,32)33)6-4-15-3-5-17(19(11-15)26(34,35)36)21(39)38-23(7-8-23)22(40)37-12-24(28,29)30/h3-6,9-11,18H,7-8,12H2,1-2H3,(H,37,40)(H,38,39). The molecule has 0 saturated heterocycles. The highest BCUT2D eigenvalue weighted by atomic mass is 35.5. The van der Waals surface area contributed by atoms with Crippen molar-refractivity contribution in [2.45, 2.75) is 56.7 Å². The van der Waals surface area contributed by atoms with Crippen LogP contribution in [0.25, 0.3) is 6.08 Å². The Balaban J connectivity index is 1.90. The number of halogens is 10. The van der Waals surface area contributed by atoms with Gasteiger partial charge in [-0.2, -0.15) is 39.5 Å². The molecule has 1 atom stereocenters. The van der Waals surface area contributed by atoms with Crippen molar-refractivity contribution in [2.24, 2.45) is 0 Å². The van der Waals surface area contributed by atoms with Gasteiger partial charge in [0.1, 0.15) is 12.1 Å². The van der Waals surface area contributed by atoms with Gasteiger partial charge in [-0.25, -0.2) is 0 Å². The average Bonchev–Trinajstić information content (AvgIpc) is 3.59. The van der Waals surface area contributed by atoms with Gasteiger partial charge in [-0.05, 0) is 61.1 Å². The highest BCUT2D eigenvalue weighted by molar-refractivity contribution is 6.32. The Morgan fingerprint density at radius 2 is 1.55 bits per heavy atom. The first kappa shape index (κ1) is 31.3. The first-order chi connectivity index (χ1) is 18.2. The fourth-order valence-electron chi connectivity index (χ4n) is 4.04. The number of rotatable bonds is 7. The molecule has 0 radical (unpaired) electrons. The molecule has 1 unspecified atom stereocenters. The molecule has 0 aromatic heterocycles. The fourth-order valence-corrected chi connectivity index (χ4v) is 4.15. The van der Waals surface area contributed by atoms with E-state index in [1.54, 1.807) is 5.32 Å². The zero-order chi connectivity index (χ0) is 30.3. The second kappa shape index (κ2) is 11.0. The lowest BCUT2D eigenvalue weighted by Crippen LogP contribution is -2.51. The number of nitrogens with one attached hydrogen (secondary N) is 2. The molecule has 1 aliphatic carbocycles. The number of carbonyl (C=O) groups excluding carboxylic acids is 2. The van der Waals surface area contributed by atoms with Gasteiger partial charge in [0.15, 0.2) is 0 Å². The summed E-state index contributed by atoms with van der Waals surface area (Å²) in [7, 11) is 0. The van der Waals surface area contributed by atoms with Crippen LogP contribution in [-0.2, 0) is 11.0 Å². The quantitative estimate of drug-likeness (QED) is 0.328. The van der Waals surface area contributed by atoms with Crippen LogP contribution < -0.4 is 10.6 Å². The van der Waals surface area contributed by atoms with Gasteiger partial charge in [0.2, 0.25) is 5.91 Å². The highest BCUT2D eigenvalue weighted by Gasteiger charge is 2.52. The molecule has 14 heteroatoms. The van der Waals surface area contributed by atoms with E-state index >= 15 is 0 Å². The molecule has 4 nitrogen and oxygen atoms in total. The summed E-state index contributed by atoms with van der Waals surface area (Å²) in [5.74, 6) is -4.75. The monoisotopic (exact) mass is 600 g/mol. The number of amides is 2. The van der Waals surface area contributed by atoms with E-state index in [-0.39, 0.29) is 29.0 Å². The van der Waals surface area contributed by atoms with Crippen LogP contribution in [0.2, 0.25) is 5.02 Å². The molecule has 2 aromatic carbocycles. The number of carbonyl (C=O) groups is 2. The SMILES string of the molecule is Cc1cc(C(C=Cc2ccc(C(=O)NC3(C(=O)NCC(F)(F)F)CC3)c(C(F)(F)F)c2)C(F)(F)F)cc(C)c1Cl. The van der Waals surface area contributed by atoms with Crippen LogP contribution in [0, 0.1) is 13.8 Å². The van der Waals surface area contributed by atoms with E-state index in [4.69, 9.17) is 11.6 Å². The van der Waals surface area contributed by atoms with Gasteiger partial charge in [0.25, 0.3) is 5.91 Å². The van der Waals surface area contributed by atoms with Gasteiger partial charge in [0, 0.05) is 5.02 Å². The zero-order valence-corrected chi connectivity index (χ0v) is 21.6. The predicted molar refractivity (Wildman–Crippen MR) is 129 cm³/mol. The lowest BCUT2D eigenvalue weighted by atomic mass is 9.93. The normalized spacial score (nSPS) is 16.1. The molecule has 1 aliphatic rings. The van der Waals surface area contributed by atoms with Crippen molar-refractivity contribution >= 4 is 29.5 Å². The highest BCUT2D eigenvalue weighted by Crippen LogP contribution is 2.40. The lowest BCUT2D eigenvalue weighted by molar-refractivity contribution is -0.140. The smallest absolute Gasteiger partial charge is 0.345 e. The number of allylic oxidation sites excluding steroid dienone is 1. The predicted octanol–water partition coefficient (Wildman–Crippen LogP) is 7.28. The molecule has 2 aromatic rings. The number of benzene rings is 2. The Kier molecular flexibility index (Phi) is 8.60. The minimum absolute atomic E-state index is 0.0902. The minimum atomic E-state index is -5.13. The summed E-state index contributed by atoms with van der Waals surface area (Å²) in [5.41, 5.74) is -3.95. The first-order valence-corrected chi connectivity index (χ1v) is 12.0. The molecule has 1 saturated carbocycles. The maximum absolute atomic E-state index is 13.8. The number of hydrogen-bond donors (Lipinski definition) is 2. The van der Waals surface area contributed by atoms with Crippen LogP contribution in [0.3, 0.4) is 0 Å². The van der Waals surface area contributed by atoms with E-state index in [0.717, 1.165) is 18.2 Å². The summed E-state index contributed by atoms with van der Waals surface area (Å²) in [6.45, 7) is 1.34. The van der Waals surface area contributed by atoms with Crippen LogP contribution >= 0.6 is 11.6 Å². The van der Waals surface area contributed by atoms with Crippen LogP contribution in [-0.4, -0.2) is 36.3 Å². The maximum Gasteiger partial charge on any atom is 0.417 e. The maximum atomic E-state index is 13.8. The molecule has 1 fully saturated rings. The van der Waals surface area contributed by atoms with E-state index in [2.05, 4.69) is 5.32 Å². The van der Waals surface area contributed by atoms with Crippen molar-refractivity contribution < 1.29 is 49.1 Å². The molecule has 40 heavy (non-hydrogen) atoms. The topological polar surface area (TPSA) is 58.2 Å². The second-order valence-corrected chi connectivity index (χ2v) is 9.86. The first-order valence-electron chi connectivity index (χ1n) is 11.6. The number of hydrogen-bond acceptors (Lipinski definition) is 2. The number of alkyl halides is 9. The molecule has 218 valence electrons. The zero-order valence-electron chi connectivity index (χ0n) is 20.8. The molecular formula is C26H22ClF9N2O2. The van der Waals surface area contributed by atoms with Gasteiger partial charge < -0.3 is 10.6 Å². The van der Waals surface area contributed by atoms with Gasteiger partial charge in [-0.1, -0.05) is 42.0 Å². The van der Waals surface area contributed by atoms with E-state index in [0.29, 0.717) is 23.3 Å². The van der Waals surface area contributed by atoms with Gasteiger partial charge in [-0.3, -0.25) is 9.59 Å². The molecular weight excluding hydrogens is 579 g/mol. The van der Waals surface area contributed by atoms with Crippen LogP contribution in [0.1, 0.15) is 56.9 Å². The Labute approximate surface area is 227 Å². The molecule has 0 bridgehead atoms. The van der Waals surface area contributed by atoms with Crippen molar-refractivity contribution in [2.75, 3.05) is 6.54 Å². The summed E-state index contributed by atoms with van der Waals surface area (Å²) in [6, 6.07) is 4.63. The Hall–Kier alpha value is -3.22. The summed E-state index contributed by atoms with van der Waals surface area (Å²) < 4.78 is 120. The van der Waals surface area contributed by atoms with E-state index in [1.165, 1.54) is 26.0 Å². The number of aryl methyl sites for hydroxylation is 2. The van der Waals surface area contributed by atoms with E-state index in [9.17, 15) is 49.1 Å². The molecule has 0 spiro atoms. The largest absolute Gasteiger partial charge is 0.417 e. The molecule has 2 N–H and O–H groups in total. The molecule has 2 amide bonds. The van der Waals surface area contributed by atoms with Crippen LogP contribution in [0.15, 0.2) is 36.4 Å². The van der Waals surface area contributed by atoms with Crippen molar-refractivity contribution in [1.29, 1.82) is 0 Å². The average molecular weight is 601 g/mol. The van der Waals surface area contributed by atoms with E-state index in [1.807, 2.05) is 0 Å². The van der Waals surface area contributed by atoms with Gasteiger partial charge in [0.05, 0.1) is 17.0 Å². The van der Waals surface area contributed by atoms with E-state index < -0.39 is 59.5 Å². The summed E-state index contributed by atoms with van der Waals surface area (Å²) >= 11 is 6.03. The van der Waals surface area contributed by atoms with Gasteiger partial charge in [-0.15, -0.1) is 0 Å². The third-order valence-corrected chi connectivity index (χ3v) is 6.83. The third kappa shape index (κ3) is 7.49. The van der Waals surface area contributed by atoms with Crippen LogP contribution in [0.4, 0.5) is 39.5 Å². The fraction of sp³-hybridized carbons (Fsp3) is 0.385. The van der Waals surface area contributed by atoms with Crippen molar-refractivity contribution in [3.63, 3.8) is 0 Å². The summed E-state index contributed by atoms with van der Waals surface area (Å²) in [5, 5.41) is 3.93. The third-order valence-electron chi connectivity index (χ3n) is 6.23. The van der Waals surface area contributed by atoms with Crippen LogP contribution in [0.5, 0.6) is 0 Å². The minimum Gasteiger partial charge on any atom is -0.345 e. The van der Waals surface area contributed by atoms with Crippen molar-refractivity contribution in [1.82, 2.24) is 10.6 Å².